The van der Waals surface area contributed by atoms with Gasteiger partial charge in [0.25, 0.3) is 0 Å². The average Bonchev–Trinajstić information content (AvgIpc) is 2.95. The lowest BCUT2D eigenvalue weighted by molar-refractivity contribution is 0.548. The summed E-state index contributed by atoms with van der Waals surface area (Å²) in [5, 5.41) is 7.67. The van der Waals surface area contributed by atoms with E-state index in [4.69, 9.17) is 0 Å². The van der Waals surface area contributed by atoms with Gasteiger partial charge in [-0.2, -0.15) is 5.10 Å². The van der Waals surface area contributed by atoms with E-state index in [1.165, 1.54) is 15.3 Å². The third-order valence-corrected chi connectivity index (χ3v) is 3.82. The van der Waals surface area contributed by atoms with Gasteiger partial charge in [0.15, 0.2) is 0 Å². The molecule has 0 aromatic carbocycles. The lowest BCUT2D eigenvalue weighted by Crippen LogP contribution is -2.27. The van der Waals surface area contributed by atoms with Gasteiger partial charge >= 0.3 is 0 Å². The monoisotopic (exact) mass is 261 g/mol. The molecule has 96 valence electrons. The largest absolute Gasteiger partial charge is 0.310 e. The minimum Gasteiger partial charge on any atom is -0.310 e. The first kappa shape index (κ1) is 13.1. The summed E-state index contributed by atoms with van der Waals surface area (Å²) in [5.74, 6) is 0. The first-order valence-corrected chi connectivity index (χ1v) is 6.93. The molecule has 0 spiro atoms. The van der Waals surface area contributed by atoms with Crippen LogP contribution in [-0.4, -0.2) is 15.8 Å². The summed E-state index contributed by atoms with van der Waals surface area (Å²) in [7, 11) is 0. The van der Waals surface area contributed by atoms with Gasteiger partial charge in [-0.25, -0.2) is 4.68 Å². The van der Waals surface area contributed by atoms with Gasteiger partial charge in [0.05, 0.1) is 6.20 Å². The van der Waals surface area contributed by atoms with Gasteiger partial charge in [-0.1, -0.05) is 6.58 Å². The highest BCUT2D eigenvalue weighted by atomic mass is 32.1. The van der Waals surface area contributed by atoms with E-state index in [0.717, 1.165) is 13.0 Å². The lowest BCUT2D eigenvalue weighted by Gasteiger charge is -2.11. The second kappa shape index (κ2) is 5.98. The predicted molar refractivity (Wildman–Crippen MR) is 77.7 cm³/mol. The van der Waals surface area contributed by atoms with E-state index in [1.807, 2.05) is 23.7 Å². The molecular formula is C14H19N3S. The maximum Gasteiger partial charge on any atom is 0.0538 e. The summed E-state index contributed by atoms with van der Waals surface area (Å²) in [5.41, 5.74) is 1.18. The van der Waals surface area contributed by atoms with Crippen LogP contribution in [0.25, 0.3) is 6.20 Å². The Hall–Kier alpha value is -1.39. The molecule has 0 aliphatic heterocycles. The van der Waals surface area contributed by atoms with Crippen molar-refractivity contribution in [1.29, 1.82) is 0 Å². The number of rotatable bonds is 6. The molecule has 2 rings (SSSR count). The number of aryl methyl sites for hydroxylation is 1. The minimum atomic E-state index is 0.468. The first-order valence-electron chi connectivity index (χ1n) is 6.11. The van der Waals surface area contributed by atoms with Gasteiger partial charge in [-0.3, -0.25) is 0 Å². The van der Waals surface area contributed by atoms with Gasteiger partial charge in [0.1, 0.15) is 0 Å². The molecule has 0 saturated heterocycles. The summed E-state index contributed by atoms with van der Waals surface area (Å²) in [6.45, 7) is 8.89. The highest BCUT2D eigenvalue weighted by Gasteiger charge is 2.05. The van der Waals surface area contributed by atoms with Crippen molar-refractivity contribution < 1.29 is 0 Å². The Balaban J connectivity index is 1.80. The molecule has 1 atom stereocenters. The second-order valence-electron chi connectivity index (χ2n) is 4.51. The average molecular weight is 261 g/mol. The van der Waals surface area contributed by atoms with E-state index in [0.29, 0.717) is 6.04 Å². The van der Waals surface area contributed by atoms with Crippen LogP contribution >= 0.6 is 11.3 Å². The normalized spacial score (nSPS) is 12.6. The zero-order chi connectivity index (χ0) is 13.0. The zero-order valence-corrected chi connectivity index (χ0v) is 11.7. The van der Waals surface area contributed by atoms with Crippen LogP contribution in [0.3, 0.4) is 0 Å². The predicted octanol–water partition coefficient (Wildman–Crippen LogP) is 3.07. The number of thiophene rings is 1. The molecule has 0 amide bonds. The summed E-state index contributed by atoms with van der Waals surface area (Å²) in [6, 6.07) is 4.87. The summed E-state index contributed by atoms with van der Waals surface area (Å²) < 4.78 is 1.73. The van der Waals surface area contributed by atoms with Crippen LogP contribution in [0.1, 0.15) is 22.2 Å². The van der Waals surface area contributed by atoms with Crippen molar-refractivity contribution in [3.8, 4) is 0 Å². The number of nitrogens with one attached hydrogen (secondary N) is 1. The Labute approximate surface area is 112 Å². The molecule has 0 bridgehead atoms. The number of nitrogens with zero attached hydrogens (tertiary/aromatic N) is 2. The van der Waals surface area contributed by atoms with Crippen molar-refractivity contribution in [1.82, 2.24) is 15.1 Å². The molecule has 3 nitrogen and oxygen atoms in total. The highest BCUT2D eigenvalue weighted by Crippen LogP contribution is 2.16. The molecule has 1 unspecified atom stereocenters. The van der Waals surface area contributed by atoms with Crippen LogP contribution in [0, 0.1) is 6.92 Å². The summed E-state index contributed by atoms with van der Waals surface area (Å²) >= 11 is 1.88. The molecule has 18 heavy (non-hydrogen) atoms. The van der Waals surface area contributed by atoms with E-state index in [1.54, 1.807) is 10.9 Å². The molecular weight excluding hydrogens is 242 g/mol. The maximum absolute atomic E-state index is 4.16. The van der Waals surface area contributed by atoms with Crippen LogP contribution in [-0.2, 0) is 13.0 Å². The Bertz CT molecular complexity index is 513. The Morgan fingerprint density at radius 3 is 3.00 bits per heavy atom. The van der Waals surface area contributed by atoms with Gasteiger partial charge in [-0.05, 0) is 32.4 Å². The molecule has 2 aromatic rings. The number of aromatic nitrogens is 2. The fraction of sp³-hybridized carbons (Fsp3) is 0.357. The fourth-order valence-corrected chi connectivity index (χ4v) is 2.85. The van der Waals surface area contributed by atoms with Crippen molar-refractivity contribution in [3.63, 3.8) is 0 Å². The van der Waals surface area contributed by atoms with Crippen molar-refractivity contribution in [2.45, 2.75) is 32.9 Å². The molecule has 0 saturated carbocycles. The molecule has 0 aliphatic rings. The maximum atomic E-state index is 4.16. The Morgan fingerprint density at radius 2 is 2.39 bits per heavy atom. The SMILES string of the molecule is C=Cn1cc(CNC(C)Cc2ccc(C)s2)cn1. The van der Waals surface area contributed by atoms with E-state index < -0.39 is 0 Å². The van der Waals surface area contributed by atoms with Crippen LogP contribution in [0.2, 0.25) is 0 Å². The Morgan fingerprint density at radius 1 is 1.56 bits per heavy atom. The van der Waals surface area contributed by atoms with Crippen molar-refractivity contribution in [2.24, 2.45) is 0 Å². The van der Waals surface area contributed by atoms with Crippen LogP contribution < -0.4 is 5.32 Å². The van der Waals surface area contributed by atoms with Crippen molar-refractivity contribution in [2.75, 3.05) is 0 Å². The van der Waals surface area contributed by atoms with E-state index in [-0.39, 0.29) is 0 Å². The third-order valence-electron chi connectivity index (χ3n) is 2.80. The number of hydrogen-bond donors (Lipinski definition) is 1. The molecule has 0 radical (unpaired) electrons. The minimum absolute atomic E-state index is 0.468. The van der Waals surface area contributed by atoms with Crippen molar-refractivity contribution in [3.05, 3.63) is 46.4 Å². The van der Waals surface area contributed by atoms with Gasteiger partial charge < -0.3 is 5.32 Å². The van der Waals surface area contributed by atoms with Gasteiger partial charge in [0.2, 0.25) is 0 Å². The standard InChI is InChI=1S/C14H19N3S/c1-4-17-10-13(9-16-17)8-15-11(2)7-14-6-5-12(3)18-14/h4-6,9-11,15H,1,7-8H2,2-3H3. The second-order valence-corrected chi connectivity index (χ2v) is 5.88. The molecule has 2 aromatic heterocycles. The van der Waals surface area contributed by atoms with Crippen molar-refractivity contribution >= 4 is 17.5 Å². The van der Waals surface area contributed by atoms with Gasteiger partial charge in [-0.15, -0.1) is 11.3 Å². The number of hydrogen-bond acceptors (Lipinski definition) is 3. The molecule has 4 heteroatoms. The Kier molecular flexibility index (Phi) is 4.33. The zero-order valence-electron chi connectivity index (χ0n) is 10.9. The quantitative estimate of drug-likeness (QED) is 0.866. The molecule has 0 fully saturated rings. The molecule has 1 N–H and O–H groups in total. The van der Waals surface area contributed by atoms with Crippen LogP contribution in [0.5, 0.6) is 0 Å². The van der Waals surface area contributed by atoms with Crippen LogP contribution in [0.4, 0.5) is 0 Å². The highest BCUT2D eigenvalue weighted by molar-refractivity contribution is 7.11. The smallest absolute Gasteiger partial charge is 0.0538 e. The molecule has 0 aliphatic carbocycles. The van der Waals surface area contributed by atoms with Crippen LogP contribution in [0.15, 0.2) is 31.1 Å². The molecule has 2 heterocycles. The lowest BCUT2D eigenvalue weighted by atomic mass is 10.2. The fourth-order valence-electron chi connectivity index (χ4n) is 1.83. The van der Waals surface area contributed by atoms with E-state index >= 15 is 0 Å². The van der Waals surface area contributed by atoms with E-state index in [9.17, 15) is 0 Å². The third kappa shape index (κ3) is 3.55. The van der Waals surface area contributed by atoms with Gasteiger partial charge in [0, 0.05) is 40.3 Å². The topological polar surface area (TPSA) is 29.9 Å². The summed E-state index contributed by atoms with van der Waals surface area (Å²) in [6.07, 6.45) is 6.63. The summed E-state index contributed by atoms with van der Waals surface area (Å²) in [4.78, 5) is 2.82. The van der Waals surface area contributed by atoms with E-state index in [2.05, 4.69) is 43.0 Å². The first-order chi connectivity index (χ1) is 8.67.